The summed E-state index contributed by atoms with van der Waals surface area (Å²) in [7, 11) is 1.92. The maximum Gasteiger partial charge on any atom is 0.0847 e. The molecule has 2 N–H and O–H groups in total. The van der Waals surface area contributed by atoms with Crippen LogP contribution in [0.15, 0.2) is 28.7 Å². The van der Waals surface area contributed by atoms with Gasteiger partial charge in [0.25, 0.3) is 0 Å². The predicted octanol–water partition coefficient (Wildman–Crippen LogP) is 3.43. The standard InChI is InChI=1S/C14H17BrClN3/c1-9-14(16)13(19(2)18-9)7-11(8-17)10-3-5-12(15)6-4-10/h3-6,11H,7-8,17H2,1-2H3. The van der Waals surface area contributed by atoms with Crippen molar-refractivity contribution in [2.45, 2.75) is 19.3 Å². The molecule has 0 radical (unpaired) electrons. The summed E-state index contributed by atoms with van der Waals surface area (Å²) in [6.07, 6.45) is 0.800. The number of rotatable bonds is 4. The van der Waals surface area contributed by atoms with Gasteiger partial charge in [-0.25, -0.2) is 0 Å². The van der Waals surface area contributed by atoms with Crippen LogP contribution in [-0.4, -0.2) is 16.3 Å². The fourth-order valence-corrected chi connectivity index (χ4v) is 2.71. The van der Waals surface area contributed by atoms with E-state index in [0.29, 0.717) is 6.54 Å². The van der Waals surface area contributed by atoms with Crippen LogP contribution in [0, 0.1) is 6.92 Å². The lowest BCUT2D eigenvalue weighted by Gasteiger charge is -2.16. The average molecular weight is 343 g/mol. The molecule has 0 saturated heterocycles. The molecule has 0 aliphatic heterocycles. The second kappa shape index (κ2) is 6.07. The van der Waals surface area contributed by atoms with E-state index in [0.717, 1.165) is 27.3 Å². The molecule has 2 aromatic rings. The summed E-state index contributed by atoms with van der Waals surface area (Å²) in [5.41, 5.74) is 9.04. The predicted molar refractivity (Wildman–Crippen MR) is 82.6 cm³/mol. The highest BCUT2D eigenvalue weighted by Crippen LogP contribution is 2.27. The Morgan fingerprint density at radius 3 is 2.47 bits per heavy atom. The number of aryl methyl sites for hydroxylation is 2. The molecular weight excluding hydrogens is 326 g/mol. The molecule has 2 rings (SSSR count). The van der Waals surface area contributed by atoms with Crippen LogP contribution in [0.25, 0.3) is 0 Å². The molecule has 1 atom stereocenters. The average Bonchev–Trinajstić information content (AvgIpc) is 2.63. The van der Waals surface area contributed by atoms with Gasteiger partial charge in [-0.2, -0.15) is 5.10 Å². The van der Waals surface area contributed by atoms with Crippen molar-refractivity contribution in [3.05, 3.63) is 50.7 Å². The molecule has 1 aromatic carbocycles. The second-order valence-electron chi connectivity index (χ2n) is 4.66. The van der Waals surface area contributed by atoms with Crippen molar-refractivity contribution in [2.75, 3.05) is 6.54 Å². The van der Waals surface area contributed by atoms with E-state index in [1.807, 2.05) is 30.8 Å². The van der Waals surface area contributed by atoms with E-state index in [2.05, 4.69) is 33.2 Å². The molecule has 5 heteroatoms. The van der Waals surface area contributed by atoms with Crippen LogP contribution in [0.4, 0.5) is 0 Å². The smallest absolute Gasteiger partial charge is 0.0847 e. The molecule has 1 aromatic heterocycles. The third kappa shape index (κ3) is 3.19. The topological polar surface area (TPSA) is 43.8 Å². The highest BCUT2D eigenvalue weighted by atomic mass is 79.9. The Labute approximate surface area is 126 Å². The zero-order valence-electron chi connectivity index (χ0n) is 11.0. The normalized spacial score (nSPS) is 12.7. The van der Waals surface area contributed by atoms with Gasteiger partial charge in [-0.1, -0.05) is 39.7 Å². The van der Waals surface area contributed by atoms with Crippen LogP contribution < -0.4 is 5.73 Å². The van der Waals surface area contributed by atoms with Gasteiger partial charge in [0.15, 0.2) is 0 Å². The van der Waals surface area contributed by atoms with Crippen LogP contribution in [0.1, 0.15) is 22.9 Å². The van der Waals surface area contributed by atoms with Crippen LogP contribution >= 0.6 is 27.5 Å². The molecule has 3 nitrogen and oxygen atoms in total. The number of hydrogen-bond donors (Lipinski definition) is 1. The van der Waals surface area contributed by atoms with Crippen LogP contribution in [0.3, 0.4) is 0 Å². The van der Waals surface area contributed by atoms with Gasteiger partial charge in [-0.15, -0.1) is 0 Å². The van der Waals surface area contributed by atoms with Gasteiger partial charge >= 0.3 is 0 Å². The maximum atomic E-state index is 6.30. The molecular formula is C14H17BrClN3. The van der Waals surface area contributed by atoms with Crippen molar-refractivity contribution in [3.8, 4) is 0 Å². The summed E-state index contributed by atoms with van der Waals surface area (Å²) in [6.45, 7) is 2.51. The third-order valence-corrected chi connectivity index (χ3v) is 4.35. The number of nitrogens with two attached hydrogens (primary N) is 1. The lowest BCUT2D eigenvalue weighted by atomic mass is 9.94. The Balaban J connectivity index is 2.26. The highest BCUT2D eigenvalue weighted by molar-refractivity contribution is 9.10. The molecule has 0 spiro atoms. The first-order valence-electron chi connectivity index (χ1n) is 6.16. The lowest BCUT2D eigenvalue weighted by molar-refractivity contribution is 0.629. The monoisotopic (exact) mass is 341 g/mol. The van der Waals surface area contributed by atoms with E-state index in [-0.39, 0.29) is 5.92 Å². The SMILES string of the molecule is Cc1nn(C)c(CC(CN)c2ccc(Br)cc2)c1Cl. The van der Waals surface area contributed by atoms with Crippen LogP contribution in [0.2, 0.25) is 5.02 Å². The Bertz CT molecular complexity index is 563. The summed E-state index contributed by atoms with van der Waals surface area (Å²) < 4.78 is 2.92. The summed E-state index contributed by atoms with van der Waals surface area (Å²) in [6, 6.07) is 8.26. The maximum absolute atomic E-state index is 6.30. The zero-order valence-corrected chi connectivity index (χ0v) is 13.4. The van der Waals surface area contributed by atoms with Gasteiger partial charge in [0.2, 0.25) is 0 Å². The number of benzene rings is 1. The van der Waals surface area contributed by atoms with Crippen molar-refractivity contribution in [1.29, 1.82) is 0 Å². The molecule has 0 amide bonds. The van der Waals surface area contributed by atoms with Gasteiger partial charge in [0, 0.05) is 17.4 Å². The molecule has 0 bridgehead atoms. The molecule has 0 fully saturated rings. The van der Waals surface area contributed by atoms with Crippen molar-refractivity contribution >= 4 is 27.5 Å². The number of hydrogen-bond acceptors (Lipinski definition) is 2. The van der Waals surface area contributed by atoms with Gasteiger partial charge < -0.3 is 5.73 Å². The number of halogens is 2. The van der Waals surface area contributed by atoms with E-state index in [1.165, 1.54) is 5.56 Å². The van der Waals surface area contributed by atoms with E-state index in [4.69, 9.17) is 17.3 Å². The van der Waals surface area contributed by atoms with E-state index < -0.39 is 0 Å². The third-order valence-electron chi connectivity index (χ3n) is 3.33. The quantitative estimate of drug-likeness (QED) is 0.925. The van der Waals surface area contributed by atoms with Gasteiger partial charge in [-0.3, -0.25) is 4.68 Å². The summed E-state index contributed by atoms with van der Waals surface area (Å²) in [4.78, 5) is 0. The van der Waals surface area contributed by atoms with Crippen LogP contribution in [0.5, 0.6) is 0 Å². The van der Waals surface area contributed by atoms with Crippen LogP contribution in [-0.2, 0) is 13.5 Å². The Hall–Kier alpha value is -0.840. The minimum Gasteiger partial charge on any atom is -0.330 e. The Morgan fingerprint density at radius 2 is 2.00 bits per heavy atom. The molecule has 0 saturated carbocycles. The first-order valence-corrected chi connectivity index (χ1v) is 7.33. The Kier molecular flexibility index (Phi) is 4.66. The minimum absolute atomic E-state index is 0.250. The fourth-order valence-electron chi connectivity index (χ4n) is 2.21. The van der Waals surface area contributed by atoms with Gasteiger partial charge in [0.05, 0.1) is 16.4 Å². The van der Waals surface area contributed by atoms with Crippen molar-refractivity contribution in [1.82, 2.24) is 9.78 Å². The highest BCUT2D eigenvalue weighted by Gasteiger charge is 2.17. The lowest BCUT2D eigenvalue weighted by Crippen LogP contribution is -2.16. The molecule has 102 valence electrons. The van der Waals surface area contributed by atoms with Gasteiger partial charge in [0.1, 0.15) is 0 Å². The second-order valence-corrected chi connectivity index (χ2v) is 5.95. The van der Waals surface area contributed by atoms with Crippen molar-refractivity contribution in [2.24, 2.45) is 12.8 Å². The summed E-state index contributed by atoms with van der Waals surface area (Å²) in [5.74, 6) is 0.250. The fraction of sp³-hybridized carbons (Fsp3) is 0.357. The van der Waals surface area contributed by atoms with E-state index in [9.17, 15) is 0 Å². The summed E-state index contributed by atoms with van der Waals surface area (Å²) in [5, 5.41) is 5.09. The van der Waals surface area contributed by atoms with Crippen molar-refractivity contribution in [3.63, 3.8) is 0 Å². The first-order chi connectivity index (χ1) is 9.02. The van der Waals surface area contributed by atoms with E-state index in [1.54, 1.807) is 0 Å². The molecule has 0 aliphatic carbocycles. The molecule has 1 unspecified atom stereocenters. The number of nitrogens with zero attached hydrogens (tertiary/aromatic N) is 2. The summed E-state index contributed by atoms with van der Waals surface area (Å²) >= 11 is 9.74. The van der Waals surface area contributed by atoms with Crippen molar-refractivity contribution < 1.29 is 0 Å². The Morgan fingerprint density at radius 1 is 1.37 bits per heavy atom. The molecule has 0 aliphatic rings. The molecule has 1 heterocycles. The largest absolute Gasteiger partial charge is 0.330 e. The first kappa shape index (κ1) is 14.6. The minimum atomic E-state index is 0.250. The zero-order chi connectivity index (χ0) is 14.0. The van der Waals surface area contributed by atoms with Gasteiger partial charge in [-0.05, 0) is 37.6 Å². The number of aromatic nitrogens is 2. The molecule has 19 heavy (non-hydrogen) atoms. The van der Waals surface area contributed by atoms with E-state index >= 15 is 0 Å².